The first kappa shape index (κ1) is 16.0. The van der Waals surface area contributed by atoms with Crippen LogP contribution in [0.4, 0.5) is 0 Å². The lowest BCUT2D eigenvalue weighted by atomic mass is 10.2. The molecule has 0 heterocycles. The van der Waals surface area contributed by atoms with Gasteiger partial charge in [-0.2, -0.15) is 0 Å². The first-order valence-electron chi connectivity index (χ1n) is 6.28. The standard InChI is InChI=1S/C15H17ClN2O2/c1-2-3-4-14(18-11-19)9-10-17-15(20)12-5-7-13(16)8-6-12/h3-9,11H,2,10H2,1H3,(H,17,20)(H,18,19)/b4-3-,14-9+. The Morgan fingerprint density at radius 2 is 2.00 bits per heavy atom. The van der Waals surface area contributed by atoms with E-state index in [-0.39, 0.29) is 5.91 Å². The Morgan fingerprint density at radius 1 is 1.30 bits per heavy atom. The maximum atomic E-state index is 11.8. The minimum absolute atomic E-state index is 0.192. The summed E-state index contributed by atoms with van der Waals surface area (Å²) in [6.45, 7) is 2.32. The summed E-state index contributed by atoms with van der Waals surface area (Å²) >= 11 is 5.76. The fourth-order valence-electron chi connectivity index (χ4n) is 1.44. The van der Waals surface area contributed by atoms with Gasteiger partial charge in [0.25, 0.3) is 5.91 Å². The molecule has 0 radical (unpaired) electrons. The third-order valence-electron chi connectivity index (χ3n) is 2.45. The second-order valence-electron chi connectivity index (χ2n) is 3.95. The van der Waals surface area contributed by atoms with Gasteiger partial charge in [0.05, 0.1) is 0 Å². The molecule has 106 valence electrons. The fourth-order valence-corrected chi connectivity index (χ4v) is 1.57. The summed E-state index contributed by atoms with van der Waals surface area (Å²) in [5.41, 5.74) is 1.19. The predicted molar refractivity (Wildman–Crippen MR) is 80.5 cm³/mol. The van der Waals surface area contributed by atoms with Crippen molar-refractivity contribution in [2.45, 2.75) is 13.3 Å². The maximum Gasteiger partial charge on any atom is 0.251 e. The highest BCUT2D eigenvalue weighted by Crippen LogP contribution is 2.09. The van der Waals surface area contributed by atoms with Gasteiger partial charge < -0.3 is 10.6 Å². The molecule has 0 aliphatic carbocycles. The van der Waals surface area contributed by atoms with E-state index in [9.17, 15) is 9.59 Å². The van der Waals surface area contributed by atoms with Gasteiger partial charge in [-0.15, -0.1) is 0 Å². The Labute approximate surface area is 123 Å². The lowest BCUT2D eigenvalue weighted by Gasteiger charge is -2.04. The third kappa shape index (κ3) is 5.71. The molecule has 1 aromatic rings. The minimum atomic E-state index is -0.192. The number of benzene rings is 1. The van der Waals surface area contributed by atoms with Crippen LogP contribution in [0.5, 0.6) is 0 Å². The number of carbonyl (C=O) groups excluding carboxylic acids is 2. The number of rotatable bonds is 7. The SMILES string of the molecule is CC/C=C\C(=C/CNC(=O)c1ccc(Cl)cc1)NC=O. The zero-order valence-electron chi connectivity index (χ0n) is 11.2. The van der Waals surface area contributed by atoms with Gasteiger partial charge in [0.2, 0.25) is 6.41 Å². The first-order valence-corrected chi connectivity index (χ1v) is 6.65. The van der Waals surface area contributed by atoms with E-state index in [2.05, 4.69) is 10.6 Å². The largest absolute Gasteiger partial charge is 0.348 e. The van der Waals surface area contributed by atoms with Crippen molar-refractivity contribution in [1.82, 2.24) is 10.6 Å². The van der Waals surface area contributed by atoms with Gasteiger partial charge in [-0.25, -0.2) is 0 Å². The quantitative estimate of drug-likeness (QED) is 0.599. The van der Waals surface area contributed by atoms with Gasteiger partial charge in [0.1, 0.15) is 0 Å². The van der Waals surface area contributed by atoms with Crippen LogP contribution in [0, 0.1) is 0 Å². The van der Waals surface area contributed by atoms with Crippen molar-refractivity contribution in [2.24, 2.45) is 0 Å². The number of amides is 2. The molecule has 2 amide bonds. The van der Waals surface area contributed by atoms with Crippen LogP contribution in [0.1, 0.15) is 23.7 Å². The average molecular weight is 293 g/mol. The third-order valence-corrected chi connectivity index (χ3v) is 2.70. The average Bonchev–Trinajstić information content (AvgIpc) is 2.45. The molecule has 0 atom stereocenters. The van der Waals surface area contributed by atoms with E-state index in [0.29, 0.717) is 29.2 Å². The van der Waals surface area contributed by atoms with Crippen LogP contribution < -0.4 is 10.6 Å². The summed E-state index contributed by atoms with van der Waals surface area (Å²) in [6.07, 6.45) is 6.92. The molecule has 1 aromatic carbocycles. The summed E-state index contributed by atoms with van der Waals surface area (Å²) < 4.78 is 0. The van der Waals surface area contributed by atoms with Crippen LogP contribution in [0.3, 0.4) is 0 Å². The number of allylic oxidation sites excluding steroid dienone is 2. The van der Waals surface area contributed by atoms with Crippen LogP contribution in [-0.4, -0.2) is 18.9 Å². The summed E-state index contributed by atoms with van der Waals surface area (Å²) in [7, 11) is 0. The predicted octanol–water partition coefficient (Wildman–Crippen LogP) is 2.67. The summed E-state index contributed by atoms with van der Waals surface area (Å²) in [6, 6.07) is 6.64. The molecule has 0 saturated heterocycles. The number of halogens is 1. The topological polar surface area (TPSA) is 58.2 Å². The molecule has 0 bridgehead atoms. The molecule has 0 aliphatic heterocycles. The molecule has 2 N–H and O–H groups in total. The van der Waals surface area contributed by atoms with Crippen LogP contribution >= 0.6 is 11.6 Å². The van der Waals surface area contributed by atoms with Gasteiger partial charge in [0, 0.05) is 22.8 Å². The number of hydrogen-bond acceptors (Lipinski definition) is 2. The summed E-state index contributed by atoms with van der Waals surface area (Å²) in [5.74, 6) is -0.192. The molecular formula is C15H17ClN2O2. The zero-order chi connectivity index (χ0) is 14.8. The normalized spacial score (nSPS) is 11.4. The number of hydrogen-bond donors (Lipinski definition) is 2. The van der Waals surface area contributed by atoms with Crippen molar-refractivity contribution in [3.8, 4) is 0 Å². The van der Waals surface area contributed by atoms with E-state index in [0.717, 1.165) is 6.42 Å². The minimum Gasteiger partial charge on any atom is -0.348 e. The summed E-state index contributed by atoms with van der Waals surface area (Å²) in [5, 5.41) is 5.89. The molecule has 0 saturated carbocycles. The highest BCUT2D eigenvalue weighted by molar-refractivity contribution is 6.30. The highest BCUT2D eigenvalue weighted by Gasteiger charge is 2.03. The van der Waals surface area contributed by atoms with Crippen LogP contribution in [0.25, 0.3) is 0 Å². The van der Waals surface area contributed by atoms with Crippen molar-refractivity contribution in [2.75, 3.05) is 6.54 Å². The smallest absolute Gasteiger partial charge is 0.251 e. The van der Waals surface area contributed by atoms with Crippen molar-refractivity contribution in [1.29, 1.82) is 0 Å². The van der Waals surface area contributed by atoms with Crippen LogP contribution in [0.15, 0.2) is 48.2 Å². The lowest BCUT2D eigenvalue weighted by molar-refractivity contribution is -0.108. The van der Waals surface area contributed by atoms with Gasteiger partial charge >= 0.3 is 0 Å². The molecule has 0 aliphatic rings. The number of nitrogens with one attached hydrogen (secondary N) is 2. The van der Waals surface area contributed by atoms with E-state index >= 15 is 0 Å². The molecule has 0 spiro atoms. The second-order valence-corrected chi connectivity index (χ2v) is 4.39. The molecule has 5 heteroatoms. The van der Waals surface area contributed by atoms with E-state index in [4.69, 9.17) is 11.6 Å². The molecule has 4 nitrogen and oxygen atoms in total. The maximum absolute atomic E-state index is 11.8. The van der Waals surface area contributed by atoms with E-state index in [1.807, 2.05) is 13.0 Å². The molecule has 1 rings (SSSR count). The summed E-state index contributed by atoms with van der Waals surface area (Å²) in [4.78, 5) is 22.3. The Hall–Kier alpha value is -2.07. The van der Waals surface area contributed by atoms with Gasteiger partial charge in [-0.1, -0.05) is 24.6 Å². The molecule has 0 unspecified atom stereocenters. The fraction of sp³-hybridized carbons (Fsp3) is 0.200. The Kier molecular flexibility index (Phi) is 7.14. The van der Waals surface area contributed by atoms with Crippen LogP contribution in [-0.2, 0) is 4.79 Å². The molecule has 0 fully saturated rings. The second kappa shape index (κ2) is 8.93. The Balaban J connectivity index is 2.56. The highest BCUT2D eigenvalue weighted by atomic mass is 35.5. The van der Waals surface area contributed by atoms with Crippen LogP contribution in [0.2, 0.25) is 5.02 Å². The van der Waals surface area contributed by atoms with Gasteiger partial charge in [0.15, 0.2) is 0 Å². The lowest BCUT2D eigenvalue weighted by Crippen LogP contribution is -2.24. The van der Waals surface area contributed by atoms with E-state index in [1.54, 1.807) is 36.4 Å². The molecule has 0 aromatic heterocycles. The number of carbonyl (C=O) groups is 2. The molecule has 20 heavy (non-hydrogen) atoms. The first-order chi connectivity index (χ1) is 9.67. The van der Waals surface area contributed by atoms with Gasteiger partial charge in [-0.3, -0.25) is 9.59 Å². The monoisotopic (exact) mass is 292 g/mol. The van der Waals surface area contributed by atoms with Crippen molar-refractivity contribution in [3.63, 3.8) is 0 Å². The Bertz CT molecular complexity index is 507. The van der Waals surface area contributed by atoms with Crippen molar-refractivity contribution < 1.29 is 9.59 Å². The molecular weight excluding hydrogens is 276 g/mol. The van der Waals surface area contributed by atoms with Gasteiger partial charge in [-0.05, 0) is 42.8 Å². The van der Waals surface area contributed by atoms with E-state index in [1.165, 1.54) is 0 Å². The Morgan fingerprint density at radius 3 is 2.60 bits per heavy atom. The van der Waals surface area contributed by atoms with Crippen molar-refractivity contribution in [3.05, 3.63) is 58.8 Å². The van der Waals surface area contributed by atoms with E-state index < -0.39 is 0 Å². The zero-order valence-corrected chi connectivity index (χ0v) is 12.0. The van der Waals surface area contributed by atoms with Crippen molar-refractivity contribution >= 4 is 23.9 Å².